The molecule has 0 aliphatic rings. The first-order valence-corrected chi connectivity index (χ1v) is 8.51. The largest absolute Gasteiger partial charge is 0.465 e. The van der Waals surface area contributed by atoms with Gasteiger partial charge in [-0.15, -0.1) is 0 Å². The average molecular weight is 368 g/mol. The number of nitrogens with zero attached hydrogens (tertiary/aromatic N) is 1. The Labute approximate surface area is 159 Å². The van der Waals surface area contributed by atoms with Crippen molar-refractivity contribution in [2.24, 2.45) is 0 Å². The number of likely N-dealkylation sites (N-methyl/N-ethyl adjacent to an activating group) is 2. The molecule has 0 heterocycles. The molecule has 0 radical (unpaired) electrons. The van der Waals surface area contributed by atoms with Crippen molar-refractivity contribution in [3.63, 3.8) is 0 Å². The van der Waals surface area contributed by atoms with E-state index in [1.165, 1.54) is 12.0 Å². The molecule has 2 rings (SSSR count). The second-order valence-corrected chi connectivity index (χ2v) is 6.65. The minimum atomic E-state index is -0.964. The lowest BCUT2D eigenvalue weighted by Gasteiger charge is -2.33. The van der Waals surface area contributed by atoms with Gasteiger partial charge in [-0.05, 0) is 49.2 Å². The summed E-state index contributed by atoms with van der Waals surface area (Å²) in [5.41, 5.74) is 1.83. The third-order valence-electron chi connectivity index (χ3n) is 4.70. The Hall–Kier alpha value is -3.15. The molecule has 6 heteroatoms. The molecule has 6 nitrogen and oxygen atoms in total. The highest BCUT2D eigenvalue weighted by atomic mass is 16.5. The van der Waals surface area contributed by atoms with Crippen LogP contribution in [0.4, 0.5) is 0 Å². The fraction of sp³-hybridized carbons (Fsp3) is 0.286. The van der Waals surface area contributed by atoms with Crippen molar-refractivity contribution in [2.45, 2.75) is 19.4 Å². The Morgan fingerprint density at radius 3 is 1.74 bits per heavy atom. The van der Waals surface area contributed by atoms with Crippen LogP contribution >= 0.6 is 0 Å². The molecule has 0 aliphatic carbocycles. The molecule has 2 amide bonds. The predicted molar refractivity (Wildman–Crippen MR) is 103 cm³/mol. The van der Waals surface area contributed by atoms with Gasteiger partial charge in [0.1, 0.15) is 5.54 Å². The fourth-order valence-corrected chi connectivity index (χ4v) is 2.63. The summed E-state index contributed by atoms with van der Waals surface area (Å²) in [7, 11) is 4.49. The van der Waals surface area contributed by atoms with Crippen molar-refractivity contribution in [2.75, 3.05) is 21.2 Å². The summed E-state index contributed by atoms with van der Waals surface area (Å²) >= 11 is 0. The van der Waals surface area contributed by atoms with E-state index >= 15 is 0 Å². The number of amides is 2. The molecule has 1 N–H and O–H groups in total. The number of carbonyl (C=O) groups excluding carboxylic acids is 3. The molecule has 0 aromatic heterocycles. The molecule has 142 valence electrons. The lowest BCUT2D eigenvalue weighted by atomic mass is 9.99. The molecule has 27 heavy (non-hydrogen) atoms. The van der Waals surface area contributed by atoms with Gasteiger partial charge >= 0.3 is 5.97 Å². The van der Waals surface area contributed by atoms with E-state index in [9.17, 15) is 14.4 Å². The molecular formula is C21H24N2O4. The summed E-state index contributed by atoms with van der Waals surface area (Å²) in [5.74, 6) is -0.860. The third-order valence-corrected chi connectivity index (χ3v) is 4.70. The van der Waals surface area contributed by atoms with Crippen LogP contribution in [0.5, 0.6) is 0 Å². The van der Waals surface area contributed by atoms with Crippen LogP contribution in [-0.2, 0) is 9.53 Å². The number of benzene rings is 2. The van der Waals surface area contributed by atoms with Gasteiger partial charge in [0.05, 0.1) is 12.7 Å². The normalized spacial score (nSPS) is 10.9. The zero-order valence-electron chi connectivity index (χ0n) is 16.2. The topological polar surface area (TPSA) is 75.7 Å². The minimum absolute atomic E-state index is 0.235. The maximum Gasteiger partial charge on any atom is 0.337 e. The van der Waals surface area contributed by atoms with Crippen molar-refractivity contribution in [3.8, 4) is 11.1 Å². The zero-order valence-corrected chi connectivity index (χ0v) is 16.2. The summed E-state index contributed by atoms with van der Waals surface area (Å²) in [6, 6.07) is 14.2. The van der Waals surface area contributed by atoms with E-state index in [4.69, 9.17) is 0 Å². The molecule has 0 saturated heterocycles. The summed E-state index contributed by atoms with van der Waals surface area (Å²) < 4.78 is 4.69. The molecule has 0 aliphatic heterocycles. The van der Waals surface area contributed by atoms with Crippen molar-refractivity contribution in [1.29, 1.82) is 0 Å². The van der Waals surface area contributed by atoms with E-state index in [0.717, 1.165) is 11.1 Å². The van der Waals surface area contributed by atoms with Crippen LogP contribution in [0.25, 0.3) is 11.1 Å². The summed E-state index contributed by atoms with van der Waals surface area (Å²) in [6.45, 7) is 3.39. The standard InChI is InChI=1S/C21H24N2O4/c1-21(2,20(26)22-3)23(4)18(24)16-10-6-14(7-11-16)15-8-12-17(13-9-15)19(25)27-5/h6-13H,1-5H3,(H,22,26). The SMILES string of the molecule is CNC(=O)C(C)(C)N(C)C(=O)c1ccc(-c2ccc(C(=O)OC)cc2)cc1. The van der Waals surface area contributed by atoms with Gasteiger partial charge in [0.25, 0.3) is 5.91 Å². The van der Waals surface area contributed by atoms with E-state index in [2.05, 4.69) is 10.1 Å². The van der Waals surface area contributed by atoms with Gasteiger partial charge in [0, 0.05) is 19.7 Å². The van der Waals surface area contributed by atoms with Gasteiger partial charge < -0.3 is 15.0 Å². The lowest BCUT2D eigenvalue weighted by molar-refractivity contribution is -0.129. The zero-order chi connectivity index (χ0) is 20.2. The molecule has 0 bridgehead atoms. The number of hydrogen-bond donors (Lipinski definition) is 1. The number of esters is 1. The molecule has 0 atom stereocenters. The van der Waals surface area contributed by atoms with E-state index in [0.29, 0.717) is 11.1 Å². The first-order valence-electron chi connectivity index (χ1n) is 8.51. The average Bonchev–Trinajstić information content (AvgIpc) is 2.71. The van der Waals surface area contributed by atoms with Gasteiger partial charge in [0.2, 0.25) is 5.91 Å². The molecule has 0 spiro atoms. The monoisotopic (exact) mass is 368 g/mol. The number of rotatable bonds is 5. The van der Waals surface area contributed by atoms with Gasteiger partial charge in [-0.2, -0.15) is 0 Å². The van der Waals surface area contributed by atoms with Crippen molar-refractivity contribution in [1.82, 2.24) is 10.2 Å². The van der Waals surface area contributed by atoms with Crippen molar-refractivity contribution >= 4 is 17.8 Å². The maximum atomic E-state index is 12.7. The smallest absolute Gasteiger partial charge is 0.337 e. The molecule has 2 aromatic rings. The number of hydrogen-bond acceptors (Lipinski definition) is 4. The summed E-state index contributed by atoms with van der Waals surface area (Å²) in [5, 5.41) is 2.57. The van der Waals surface area contributed by atoms with Crippen molar-refractivity contribution in [3.05, 3.63) is 59.7 Å². The second kappa shape index (κ2) is 8.03. The van der Waals surface area contributed by atoms with Crippen LogP contribution < -0.4 is 5.32 Å². The Kier molecular flexibility index (Phi) is 6.00. The number of nitrogens with one attached hydrogen (secondary N) is 1. The van der Waals surface area contributed by atoms with E-state index in [-0.39, 0.29) is 17.8 Å². The molecule has 0 saturated carbocycles. The Bertz CT molecular complexity index is 839. The highest BCUT2D eigenvalue weighted by Crippen LogP contribution is 2.22. The number of methoxy groups -OCH3 is 1. The highest BCUT2D eigenvalue weighted by molar-refractivity contribution is 5.99. The first-order chi connectivity index (χ1) is 12.7. The lowest BCUT2D eigenvalue weighted by Crippen LogP contribution is -2.54. The molecule has 0 unspecified atom stereocenters. The molecular weight excluding hydrogens is 344 g/mol. The van der Waals surface area contributed by atoms with Crippen LogP contribution in [0.2, 0.25) is 0 Å². The summed E-state index contributed by atoms with van der Waals surface area (Å²) in [6.07, 6.45) is 0. The Morgan fingerprint density at radius 2 is 1.33 bits per heavy atom. The fourth-order valence-electron chi connectivity index (χ4n) is 2.63. The van der Waals surface area contributed by atoms with Crippen LogP contribution in [-0.4, -0.2) is 49.4 Å². The first kappa shape index (κ1) is 20.2. The number of carbonyl (C=O) groups is 3. The summed E-state index contributed by atoms with van der Waals surface area (Å²) in [4.78, 5) is 37.6. The Morgan fingerprint density at radius 1 is 0.889 bits per heavy atom. The Balaban J connectivity index is 2.20. The van der Waals surface area contributed by atoms with Gasteiger partial charge in [-0.3, -0.25) is 9.59 Å². The van der Waals surface area contributed by atoms with Gasteiger partial charge in [-0.1, -0.05) is 24.3 Å². The van der Waals surface area contributed by atoms with E-state index in [1.54, 1.807) is 52.2 Å². The number of ether oxygens (including phenoxy) is 1. The highest BCUT2D eigenvalue weighted by Gasteiger charge is 2.34. The third kappa shape index (κ3) is 4.16. The minimum Gasteiger partial charge on any atom is -0.465 e. The van der Waals surface area contributed by atoms with Gasteiger partial charge in [-0.25, -0.2) is 4.79 Å². The predicted octanol–water partition coefficient (Wildman–Crippen LogP) is 2.74. The maximum absolute atomic E-state index is 12.7. The van der Waals surface area contributed by atoms with Crippen molar-refractivity contribution < 1.29 is 19.1 Å². The van der Waals surface area contributed by atoms with Crippen LogP contribution in [0.1, 0.15) is 34.6 Å². The molecule has 0 fully saturated rings. The second-order valence-electron chi connectivity index (χ2n) is 6.65. The van der Waals surface area contributed by atoms with Crippen LogP contribution in [0.15, 0.2) is 48.5 Å². The quantitative estimate of drug-likeness (QED) is 0.824. The van der Waals surface area contributed by atoms with E-state index in [1.807, 2.05) is 24.3 Å². The van der Waals surface area contributed by atoms with Gasteiger partial charge in [0.15, 0.2) is 0 Å². The van der Waals surface area contributed by atoms with Crippen LogP contribution in [0.3, 0.4) is 0 Å². The van der Waals surface area contributed by atoms with Crippen LogP contribution in [0, 0.1) is 0 Å². The molecule has 2 aromatic carbocycles. The van der Waals surface area contributed by atoms with E-state index < -0.39 is 5.54 Å².